The first-order valence-electron chi connectivity index (χ1n) is 11.3. The van der Waals surface area contributed by atoms with Gasteiger partial charge in [0.2, 0.25) is 15.9 Å². The minimum absolute atomic E-state index is 0.198. The van der Waals surface area contributed by atoms with Gasteiger partial charge in [0.25, 0.3) is 5.56 Å². The fraction of sp³-hybridized carbons (Fsp3) is 0.320. The number of carbonyl (C=O) groups excluding carboxylic acids is 1. The first-order valence-corrected chi connectivity index (χ1v) is 14.6. The van der Waals surface area contributed by atoms with E-state index in [4.69, 9.17) is 0 Å². The van der Waals surface area contributed by atoms with Gasteiger partial charge in [-0.05, 0) is 68.0 Å². The first-order chi connectivity index (χ1) is 16.6. The van der Waals surface area contributed by atoms with Crippen LogP contribution in [0.4, 0.5) is 0 Å². The van der Waals surface area contributed by atoms with Crippen molar-refractivity contribution >= 4 is 60.0 Å². The van der Waals surface area contributed by atoms with Gasteiger partial charge in [0, 0.05) is 5.39 Å². The Bertz CT molecular complexity index is 1630. The minimum atomic E-state index is -3.83. The molecular formula is C25H25N3O4S3. The van der Waals surface area contributed by atoms with Crippen LogP contribution in [0.3, 0.4) is 0 Å². The van der Waals surface area contributed by atoms with Crippen LogP contribution in [0.2, 0.25) is 0 Å². The molecule has 1 N–H and O–H groups in total. The smallest absolute Gasteiger partial charge is 0.267 e. The second-order valence-corrected chi connectivity index (χ2v) is 13.9. The summed E-state index contributed by atoms with van der Waals surface area (Å²) in [4.78, 5) is 31.4. The van der Waals surface area contributed by atoms with E-state index in [1.807, 2.05) is 29.6 Å². The maximum absolute atomic E-state index is 13.6. The highest BCUT2D eigenvalue weighted by molar-refractivity contribution is 8.00. The van der Waals surface area contributed by atoms with Crippen molar-refractivity contribution in [1.82, 2.24) is 14.3 Å². The number of fused-ring (bicyclic) bond motifs is 2. The van der Waals surface area contributed by atoms with Crippen LogP contribution in [-0.2, 0) is 14.8 Å². The van der Waals surface area contributed by atoms with Crippen LogP contribution >= 0.6 is 23.1 Å². The van der Waals surface area contributed by atoms with Crippen molar-refractivity contribution in [1.29, 1.82) is 0 Å². The molecule has 35 heavy (non-hydrogen) atoms. The Balaban J connectivity index is 1.58. The molecule has 0 aliphatic heterocycles. The number of hydrogen-bond donors (Lipinski definition) is 1. The third kappa shape index (κ3) is 4.50. The molecule has 182 valence electrons. The normalized spacial score (nSPS) is 14.5. The van der Waals surface area contributed by atoms with Gasteiger partial charge in [-0.15, -0.1) is 11.3 Å². The minimum Gasteiger partial charge on any atom is -0.273 e. The van der Waals surface area contributed by atoms with Crippen molar-refractivity contribution in [3.63, 3.8) is 0 Å². The second-order valence-electron chi connectivity index (χ2n) is 9.60. The third-order valence-electron chi connectivity index (χ3n) is 6.05. The van der Waals surface area contributed by atoms with E-state index in [9.17, 15) is 18.0 Å². The lowest BCUT2D eigenvalue weighted by Crippen LogP contribution is -2.43. The van der Waals surface area contributed by atoms with Gasteiger partial charge in [-0.3, -0.25) is 18.9 Å². The Morgan fingerprint density at radius 2 is 1.83 bits per heavy atom. The fourth-order valence-corrected chi connectivity index (χ4v) is 6.30. The van der Waals surface area contributed by atoms with Gasteiger partial charge >= 0.3 is 0 Å². The zero-order valence-corrected chi connectivity index (χ0v) is 22.0. The highest BCUT2D eigenvalue weighted by Crippen LogP contribution is 2.44. The van der Waals surface area contributed by atoms with Crippen molar-refractivity contribution in [2.45, 2.75) is 49.4 Å². The Kier molecular flexibility index (Phi) is 6.01. The average Bonchev–Trinajstić information content (AvgIpc) is 3.53. The Morgan fingerprint density at radius 3 is 2.51 bits per heavy atom. The molecule has 7 nitrogen and oxygen atoms in total. The predicted octanol–water partition coefficient (Wildman–Crippen LogP) is 4.81. The van der Waals surface area contributed by atoms with Gasteiger partial charge in [-0.2, -0.15) is 0 Å². The van der Waals surface area contributed by atoms with Gasteiger partial charge in [0.05, 0.1) is 21.6 Å². The fourth-order valence-electron chi connectivity index (χ4n) is 3.92. The van der Waals surface area contributed by atoms with E-state index in [0.717, 1.165) is 22.5 Å². The molecule has 0 unspecified atom stereocenters. The molecular weight excluding hydrogens is 502 g/mol. The van der Waals surface area contributed by atoms with Crippen molar-refractivity contribution < 1.29 is 13.2 Å². The van der Waals surface area contributed by atoms with Crippen molar-refractivity contribution in [3.8, 4) is 5.69 Å². The maximum atomic E-state index is 13.6. The van der Waals surface area contributed by atoms with Crippen LogP contribution in [0.1, 0.15) is 45.1 Å². The predicted molar refractivity (Wildman–Crippen MR) is 142 cm³/mol. The van der Waals surface area contributed by atoms with Gasteiger partial charge in [-0.1, -0.05) is 42.1 Å². The number of sulfonamides is 1. The maximum Gasteiger partial charge on any atom is 0.267 e. The highest BCUT2D eigenvalue weighted by atomic mass is 32.2. The molecule has 10 heteroatoms. The van der Waals surface area contributed by atoms with Crippen molar-refractivity contribution in [3.05, 3.63) is 63.8 Å². The molecule has 2 heterocycles. The topological polar surface area (TPSA) is 98.1 Å². The number of nitrogens with one attached hydrogen (secondary N) is 1. The van der Waals surface area contributed by atoms with Crippen LogP contribution in [0.25, 0.3) is 26.7 Å². The van der Waals surface area contributed by atoms with Gasteiger partial charge in [0.1, 0.15) is 4.83 Å². The lowest BCUT2D eigenvalue weighted by atomic mass is 9.99. The number of hydrogen-bond acceptors (Lipinski definition) is 7. The van der Waals surface area contributed by atoms with Crippen LogP contribution in [0.15, 0.2) is 57.8 Å². The molecule has 0 bridgehead atoms. The number of amides is 1. The zero-order chi connectivity index (χ0) is 25.0. The molecule has 1 amide bonds. The SMILES string of the molecule is CC(C)(C)S(=O)(=O)NC(=O)CSc1nc2sccc2c(=O)n1-c1ccc(C2CC2)c2ccccc12. The summed E-state index contributed by atoms with van der Waals surface area (Å²) in [5.74, 6) is -0.312. The number of benzene rings is 2. The summed E-state index contributed by atoms with van der Waals surface area (Å²) in [6.45, 7) is 4.57. The summed E-state index contributed by atoms with van der Waals surface area (Å²) >= 11 is 2.40. The molecule has 1 fully saturated rings. The van der Waals surface area contributed by atoms with E-state index in [2.05, 4.69) is 21.8 Å². The van der Waals surface area contributed by atoms with E-state index in [1.54, 1.807) is 10.6 Å². The van der Waals surface area contributed by atoms with E-state index in [0.29, 0.717) is 27.0 Å². The third-order valence-corrected chi connectivity index (χ3v) is 9.90. The summed E-state index contributed by atoms with van der Waals surface area (Å²) in [6, 6.07) is 13.8. The molecule has 4 aromatic rings. The Labute approximate surface area is 211 Å². The quantitative estimate of drug-likeness (QED) is 0.285. The summed E-state index contributed by atoms with van der Waals surface area (Å²) in [7, 11) is -3.83. The molecule has 0 atom stereocenters. The summed E-state index contributed by atoms with van der Waals surface area (Å²) in [5.41, 5.74) is 1.76. The number of aromatic nitrogens is 2. The van der Waals surface area contributed by atoms with Gasteiger partial charge < -0.3 is 0 Å². The highest BCUT2D eigenvalue weighted by Gasteiger charge is 2.31. The second kappa shape index (κ2) is 8.76. The summed E-state index contributed by atoms with van der Waals surface area (Å²) in [6.07, 6.45) is 2.33. The molecule has 1 saturated carbocycles. The van der Waals surface area contributed by atoms with Crippen LogP contribution in [0, 0.1) is 0 Å². The molecule has 0 saturated heterocycles. The van der Waals surface area contributed by atoms with E-state index in [1.165, 1.54) is 50.5 Å². The molecule has 0 radical (unpaired) electrons. The van der Waals surface area contributed by atoms with Gasteiger partial charge in [-0.25, -0.2) is 13.4 Å². The first kappa shape index (κ1) is 24.0. The summed E-state index contributed by atoms with van der Waals surface area (Å²) in [5, 5.41) is 4.72. The number of carbonyl (C=O) groups is 1. The molecule has 2 aromatic heterocycles. The largest absolute Gasteiger partial charge is 0.273 e. The number of nitrogens with zero attached hydrogens (tertiary/aromatic N) is 2. The van der Waals surface area contributed by atoms with E-state index >= 15 is 0 Å². The number of rotatable bonds is 6. The van der Waals surface area contributed by atoms with E-state index in [-0.39, 0.29) is 11.3 Å². The van der Waals surface area contributed by atoms with Crippen molar-refractivity contribution in [2.75, 3.05) is 5.75 Å². The molecule has 0 spiro atoms. The molecule has 2 aromatic carbocycles. The Hall–Kier alpha value is -2.69. The van der Waals surface area contributed by atoms with Crippen LogP contribution < -0.4 is 10.3 Å². The summed E-state index contributed by atoms with van der Waals surface area (Å²) < 4.78 is 27.3. The van der Waals surface area contributed by atoms with E-state index < -0.39 is 20.7 Å². The van der Waals surface area contributed by atoms with Crippen LogP contribution in [0.5, 0.6) is 0 Å². The Morgan fingerprint density at radius 1 is 1.11 bits per heavy atom. The van der Waals surface area contributed by atoms with Gasteiger partial charge in [0.15, 0.2) is 5.16 Å². The zero-order valence-electron chi connectivity index (χ0n) is 19.6. The lowest BCUT2D eigenvalue weighted by molar-refractivity contribution is -0.116. The molecule has 1 aliphatic carbocycles. The standard InChI is InChI=1S/C25H25N3O4S3/c1-25(2,3)35(31,32)27-21(29)14-34-24-26-22-19(12-13-33-22)23(30)28(24)20-11-10-16(15-8-9-15)17-6-4-5-7-18(17)20/h4-7,10-13,15H,8-9,14H2,1-3H3,(H,27,29). The monoisotopic (exact) mass is 527 g/mol. The average molecular weight is 528 g/mol. The molecule has 5 rings (SSSR count). The lowest BCUT2D eigenvalue weighted by Gasteiger charge is -2.19. The number of thioether (sulfide) groups is 1. The molecule has 1 aliphatic rings. The van der Waals surface area contributed by atoms with Crippen molar-refractivity contribution in [2.24, 2.45) is 0 Å². The van der Waals surface area contributed by atoms with Crippen LogP contribution in [-0.4, -0.2) is 34.4 Å². The number of thiophene rings is 1.